The van der Waals surface area contributed by atoms with E-state index in [9.17, 15) is 4.79 Å². The Morgan fingerprint density at radius 3 is 2.76 bits per heavy atom. The highest BCUT2D eigenvalue weighted by Gasteiger charge is 2.35. The summed E-state index contributed by atoms with van der Waals surface area (Å²) in [4.78, 5) is 11.4. The number of rotatable bonds is 6. The average molecular weight is 246 g/mol. The van der Waals surface area contributed by atoms with E-state index in [2.05, 4.69) is 6.92 Å². The molecule has 0 radical (unpaired) electrons. The molecule has 102 valence electrons. The summed E-state index contributed by atoms with van der Waals surface area (Å²) in [7, 11) is 0. The lowest BCUT2D eigenvalue weighted by Crippen LogP contribution is -2.27. The molecule has 1 heterocycles. The topological polar surface area (TPSA) is 44.8 Å². The standard InChI is InChI=1S/C12H22O4.CH4/c1-4-5-8-14-11(13)6-7-12(3)15-9-10(2)16-12;/h10H,4-9H2,1-3H3;1H4. The van der Waals surface area contributed by atoms with Crippen molar-refractivity contribution in [1.82, 2.24) is 0 Å². The third kappa shape index (κ3) is 6.03. The van der Waals surface area contributed by atoms with Crippen LogP contribution in [0.5, 0.6) is 0 Å². The molecule has 17 heavy (non-hydrogen) atoms. The van der Waals surface area contributed by atoms with Crippen LogP contribution < -0.4 is 0 Å². The van der Waals surface area contributed by atoms with Crippen molar-refractivity contribution < 1.29 is 19.0 Å². The van der Waals surface area contributed by atoms with Crippen LogP contribution in [0, 0.1) is 0 Å². The predicted molar refractivity (Wildman–Crippen MR) is 66.7 cm³/mol. The summed E-state index contributed by atoms with van der Waals surface area (Å²) in [5.74, 6) is -0.773. The normalized spacial score (nSPS) is 27.6. The van der Waals surface area contributed by atoms with Crippen molar-refractivity contribution >= 4 is 5.97 Å². The summed E-state index contributed by atoms with van der Waals surface area (Å²) in [5.41, 5.74) is 0. The molecular formula is C13H26O4. The number of esters is 1. The minimum absolute atomic E-state index is 0. The molecule has 0 bridgehead atoms. The van der Waals surface area contributed by atoms with Gasteiger partial charge in [0.1, 0.15) is 0 Å². The predicted octanol–water partition coefficient (Wildman–Crippen LogP) is 2.90. The summed E-state index contributed by atoms with van der Waals surface area (Å²) in [6.07, 6.45) is 2.98. The van der Waals surface area contributed by atoms with E-state index in [0.717, 1.165) is 12.8 Å². The van der Waals surface area contributed by atoms with E-state index in [1.54, 1.807) is 0 Å². The third-order valence-corrected chi connectivity index (χ3v) is 2.62. The van der Waals surface area contributed by atoms with Gasteiger partial charge in [0.15, 0.2) is 5.79 Å². The number of ether oxygens (including phenoxy) is 3. The molecule has 0 spiro atoms. The minimum atomic E-state index is -0.608. The summed E-state index contributed by atoms with van der Waals surface area (Å²) in [5, 5.41) is 0. The fourth-order valence-electron chi connectivity index (χ4n) is 1.65. The van der Waals surface area contributed by atoms with Crippen LogP contribution in [0.25, 0.3) is 0 Å². The van der Waals surface area contributed by atoms with Gasteiger partial charge in [-0.15, -0.1) is 0 Å². The van der Waals surface area contributed by atoms with Gasteiger partial charge in [-0.1, -0.05) is 20.8 Å². The highest BCUT2D eigenvalue weighted by atomic mass is 16.7. The summed E-state index contributed by atoms with van der Waals surface area (Å²) >= 11 is 0. The zero-order valence-electron chi connectivity index (χ0n) is 10.5. The molecule has 1 aliphatic heterocycles. The van der Waals surface area contributed by atoms with Crippen LogP contribution in [0.3, 0.4) is 0 Å². The maximum atomic E-state index is 11.4. The van der Waals surface area contributed by atoms with Gasteiger partial charge in [0, 0.05) is 6.42 Å². The SMILES string of the molecule is C.CCCCOC(=O)CCC1(C)OCC(C)O1. The van der Waals surface area contributed by atoms with Crippen LogP contribution in [0.15, 0.2) is 0 Å². The van der Waals surface area contributed by atoms with Crippen LogP contribution in [0.1, 0.15) is 53.9 Å². The van der Waals surface area contributed by atoms with Gasteiger partial charge in [-0.3, -0.25) is 4.79 Å². The maximum absolute atomic E-state index is 11.4. The molecule has 0 saturated carbocycles. The molecule has 4 nitrogen and oxygen atoms in total. The molecule has 0 amide bonds. The van der Waals surface area contributed by atoms with Gasteiger partial charge in [-0.2, -0.15) is 0 Å². The van der Waals surface area contributed by atoms with Crippen molar-refractivity contribution in [2.24, 2.45) is 0 Å². The van der Waals surface area contributed by atoms with E-state index in [1.807, 2.05) is 13.8 Å². The van der Waals surface area contributed by atoms with Crippen LogP contribution in [-0.4, -0.2) is 31.1 Å². The van der Waals surface area contributed by atoms with Crippen molar-refractivity contribution in [2.75, 3.05) is 13.2 Å². The van der Waals surface area contributed by atoms with Crippen LogP contribution in [0.2, 0.25) is 0 Å². The zero-order chi connectivity index (χ0) is 12.0. The van der Waals surface area contributed by atoms with Crippen LogP contribution in [-0.2, 0) is 19.0 Å². The smallest absolute Gasteiger partial charge is 0.305 e. The van der Waals surface area contributed by atoms with Gasteiger partial charge in [0.2, 0.25) is 0 Å². The van der Waals surface area contributed by atoms with E-state index in [4.69, 9.17) is 14.2 Å². The summed E-state index contributed by atoms with van der Waals surface area (Å²) in [6.45, 7) is 7.02. The van der Waals surface area contributed by atoms with E-state index < -0.39 is 5.79 Å². The Labute approximate surface area is 105 Å². The van der Waals surface area contributed by atoms with Crippen LogP contribution >= 0.6 is 0 Å². The Balaban J connectivity index is 0.00000256. The number of carbonyl (C=O) groups excluding carboxylic acids is 1. The van der Waals surface area contributed by atoms with Gasteiger partial charge < -0.3 is 14.2 Å². The maximum Gasteiger partial charge on any atom is 0.305 e. The number of carbonyl (C=O) groups is 1. The molecule has 2 atom stereocenters. The van der Waals surface area contributed by atoms with Gasteiger partial charge in [-0.25, -0.2) is 0 Å². The van der Waals surface area contributed by atoms with Gasteiger partial charge in [-0.05, 0) is 20.3 Å². The number of hydrogen-bond donors (Lipinski definition) is 0. The van der Waals surface area contributed by atoms with Gasteiger partial charge in [0.05, 0.1) is 25.7 Å². The Kier molecular flexibility index (Phi) is 7.39. The largest absolute Gasteiger partial charge is 0.466 e. The second-order valence-electron chi connectivity index (χ2n) is 4.45. The van der Waals surface area contributed by atoms with Gasteiger partial charge >= 0.3 is 5.97 Å². The molecule has 1 fully saturated rings. The summed E-state index contributed by atoms with van der Waals surface area (Å²) < 4.78 is 16.2. The molecule has 0 aromatic carbocycles. The van der Waals surface area contributed by atoms with E-state index in [1.165, 1.54) is 0 Å². The first kappa shape index (κ1) is 16.4. The highest BCUT2D eigenvalue weighted by Crippen LogP contribution is 2.27. The lowest BCUT2D eigenvalue weighted by molar-refractivity contribution is -0.166. The molecular weight excluding hydrogens is 220 g/mol. The first-order valence-electron chi connectivity index (χ1n) is 6.03. The Morgan fingerprint density at radius 2 is 2.24 bits per heavy atom. The zero-order valence-corrected chi connectivity index (χ0v) is 10.5. The quantitative estimate of drug-likeness (QED) is 0.534. The molecule has 4 heteroatoms. The van der Waals surface area contributed by atoms with E-state index in [-0.39, 0.29) is 19.5 Å². The Morgan fingerprint density at radius 1 is 1.53 bits per heavy atom. The minimum Gasteiger partial charge on any atom is -0.466 e. The molecule has 1 aliphatic rings. The first-order chi connectivity index (χ1) is 7.56. The summed E-state index contributed by atoms with van der Waals surface area (Å²) in [6, 6.07) is 0. The molecule has 0 aliphatic carbocycles. The second kappa shape index (κ2) is 7.67. The molecule has 1 rings (SSSR count). The van der Waals surface area contributed by atoms with Gasteiger partial charge in [0.25, 0.3) is 0 Å². The average Bonchev–Trinajstić information content (AvgIpc) is 2.57. The van der Waals surface area contributed by atoms with Crippen molar-refractivity contribution in [3.8, 4) is 0 Å². The lowest BCUT2D eigenvalue weighted by Gasteiger charge is -2.22. The molecule has 2 unspecified atom stereocenters. The molecule has 0 aromatic heterocycles. The van der Waals surface area contributed by atoms with Crippen LogP contribution in [0.4, 0.5) is 0 Å². The lowest BCUT2D eigenvalue weighted by atomic mass is 10.2. The number of unbranched alkanes of at least 4 members (excludes halogenated alkanes) is 1. The fraction of sp³-hybridized carbons (Fsp3) is 0.923. The Bertz CT molecular complexity index is 229. The van der Waals surface area contributed by atoms with Crippen molar-refractivity contribution in [1.29, 1.82) is 0 Å². The monoisotopic (exact) mass is 246 g/mol. The molecule has 0 N–H and O–H groups in total. The molecule has 0 aromatic rings. The highest BCUT2D eigenvalue weighted by molar-refractivity contribution is 5.69. The first-order valence-corrected chi connectivity index (χ1v) is 6.03. The Hall–Kier alpha value is -0.610. The third-order valence-electron chi connectivity index (χ3n) is 2.62. The number of hydrogen-bond acceptors (Lipinski definition) is 4. The fourth-order valence-corrected chi connectivity index (χ4v) is 1.65. The second-order valence-corrected chi connectivity index (χ2v) is 4.45. The van der Waals surface area contributed by atoms with E-state index >= 15 is 0 Å². The van der Waals surface area contributed by atoms with Crippen molar-refractivity contribution in [2.45, 2.75) is 65.8 Å². The van der Waals surface area contributed by atoms with E-state index in [0.29, 0.717) is 26.1 Å². The van der Waals surface area contributed by atoms with Crippen molar-refractivity contribution in [3.63, 3.8) is 0 Å². The van der Waals surface area contributed by atoms with Crippen molar-refractivity contribution in [3.05, 3.63) is 0 Å². The molecule has 1 saturated heterocycles.